The molecule has 128 valence electrons. The van der Waals surface area contributed by atoms with Crippen molar-refractivity contribution < 1.29 is 9.90 Å². The van der Waals surface area contributed by atoms with Crippen molar-refractivity contribution in [2.24, 2.45) is 0 Å². The van der Waals surface area contributed by atoms with Crippen molar-refractivity contribution in [3.05, 3.63) is 59.8 Å². The lowest BCUT2D eigenvalue weighted by Gasteiger charge is -2.22. The van der Waals surface area contributed by atoms with Crippen LogP contribution in [-0.2, 0) is 11.2 Å². The number of rotatable bonds is 8. The summed E-state index contributed by atoms with van der Waals surface area (Å²) in [7, 11) is 0. The first-order chi connectivity index (χ1) is 11.5. The van der Waals surface area contributed by atoms with Crippen LogP contribution in [-0.4, -0.2) is 34.7 Å². The molecule has 2 aromatic rings. The summed E-state index contributed by atoms with van der Waals surface area (Å²) >= 11 is 0. The van der Waals surface area contributed by atoms with Gasteiger partial charge in [0.15, 0.2) is 0 Å². The molecular formula is C19H25N3O2. The molecule has 0 bridgehead atoms. The van der Waals surface area contributed by atoms with Crippen molar-refractivity contribution in [1.29, 1.82) is 0 Å². The third kappa shape index (κ3) is 5.66. The van der Waals surface area contributed by atoms with Crippen molar-refractivity contribution in [2.75, 3.05) is 18.4 Å². The van der Waals surface area contributed by atoms with E-state index in [4.69, 9.17) is 0 Å². The highest BCUT2D eigenvalue weighted by Crippen LogP contribution is 2.13. The van der Waals surface area contributed by atoms with Gasteiger partial charge in [0.2, 0.25) is 0 Å². The Bertz CT molecular complexity index is 639. The Labute approximate surface area is 143 Å². The Kier molecular flexibility index (Phi) is 6.32. The molecule has 0 fully saturated rings. The summed E-state index contributed by atoms with van der Waals surface area (Å²) in [5, 5.41) is 16.3. The number of nitrogens with one attached hydrogen (secondary N) is 2. The molecule has 1 aromatic heterocycles. The Balaban J connectivity index is 1.69. The number of benzene rings is 1. The Morgan fingerprint density at radius 3 is 2.58 bits per heavy atom. The molecule has 0 radical (unpaired) electrons. The van der Waals surface area contributed by atoms with E-state index < -0.39 is 5.60 Å². The van der Waals surface area contributed by atoms with Crippen molar-refractivity contribution in [1.82, 2.24) is 10.3 Å². The van der Waals surface area contributed by atoms with Crippen LogP contribution in [0.5, 0.6) is 0 Å². The number of pyridine rings is 1. The van der Waals surface area contributed by atoms with Crippen molar-refractivity contribution in [3.8, 4) is 0 Å². The molecule has 0 spiro atoms. The predicted octanol–water partition coefficient (Wildman–Crippen LogP) is 2.30. The number of amides is 1. The zero-order valence-electron chi connectivity index (χ0n) is 14.2. The summed E-state index contributed by atoms with van der Waals surface area (Å²) in [5.41, 5.74) is 0.644. The van der Waals surface area contributed by atoms with Crippen LogP contribution >= 0.6 is 0 Å². The van der Waals surface area contributed by atoms with Gasteiger partial charge in [0.25, 0.3) is 5.91 Å². The molecule has 1 heterocycles. The highest BCUT2D eigenvalue weighted by molar-refractivity contribution is 5.84. The number of aromatic nitrogens is 1. The SMILES string of the molecule is Cc1ccc(NCCCNC(=O)[C@](C)(O)Cc2ccccc2)nc1. The van der Waals surface area contributed by atoms with E-state index in [1.165, 1.54) is 0 Å². The molecule has 0 aliphatic heterocycles. The zero-order valence-corrected chi connectivity index (χ0v) is 14.2. The number of hydrogen-bond acceptors (Lipinski definition) is 4. The van der Waals surface area contributed by atoms with Crippen LogP contribution < -0.4 is 10.6 Å². The molecule has 5 heteroatoms. The third-order valence-corrected chi connectivity index (χ3v) is 3.74. The molecule has 1 amide bonds. The summed E-state index contributed by atoms with van der Waals surface area (Å²) in [6, 6.07) is 13.4. The number of aliphatic hydroxyl groups is 1. The number of anilines is 1. The first-order valence-corrected chi connectivity index (χ1v) is 8.18. The van der Waals surface area contributed by atoms with Gasteiger partial charge in [0, 0.05) is 25.7 Å². The minimum atomic E-state index is -1.41. The average molecular weight is 327 g/mol. The van der Waals surface area contributed by atoms with E-state index in [1.807, 2.05) is 55.6 Å². The predicted molar refractivity (Wildman–Crippen MR) is 95.9 cm³/mol. The minimum absolute atomic E-state index is 0.297. The normalized spacial score (nSPS) is 13.1. The second-order valence-corrected chi connectivity index (χ2v) is 6.19. The average Bonchev–Trinajstić information content (AvgIpc) is 2.56. The summed E-state index contributed by atoms with van der Waals surface area (Å²) in [5.74, 6) is 0.475. The Morgan fingerprint density at radius 1 is 1.17 bits per heavy atom. The fourth-order valence-electron chi connectivity index (χ4n) is 2.34. The highest BCUT2D eigenvalue weighted by atomic mass is 16.3. The molecule has 0 saturated carbocycles. The lowest BCUT2D eigenvalue weighted by Crippen LogP contribution is -2.46. The van der Waals surface area contributed by atoms with Gasteiger partial charge >= 0.3 is 0 Å². The van der Waals surface area contributed by atoms with Crippen LogP contribution in [0.1, 0.15) is 24.5 Å². The molecule has 3 N–H and O–H groups in total. The van der Waals surface area contributed by atoms with Crippen LogP contribution in [0.4, 0.5) is 5.82 Å². The molecule has 0 saturated heterocycles. The van der Waals surface area contributed by atoms with Gasteiger partial charge in [-0.05, 0) is 37.5 Å². The van der Waals surface area contributed by atoms with E-state index in [0.29, 0.717) is 19.5 Å². The molecule has 0 aliphatic rings. The highest BCUT2D eigenvalue weighted by Gasteiger charge is 2.29. The van der Waals surface area contributed by atoms with Gasteiger partial charge in [0.1, 0.15) is 11.4 Å². The van der Waals surface area contributed by atoms with Crippen molar-refractivity contribution in [3.63, 3.8) is 0 Å². The van der Waals surface area contributed by atoms with E-state index in [2.05, 4.69) is 15.6 Å². The van der Waals surface area contributed by atoms with Crippen molar-refractivity contribution >= 4 is 11.7 Å². The van der Waals surface area contributed by atoms with E-state index in [0.717, 1.165) is 23.4 Å². The Morgan fingerprint density at radius 2 is 1.92 bits per heavy atom. The first kappa shape index (κ1) is 17.9. The van der Waals surface area contributed by atoms with Crippen LogP contribution in [0.3, 0.4) is 0 Å². The molecule has 0 unspecified atom stereocenters. The van der Waals surface area contributed by atoms with Crippen LogP contribution in [0.15, 0.2) is 48.7 Å². The molecule has 1 atom stereocenters. The summed E-state index contributed by atoms with van der Waals surface area (Å²) < 4.78 is 0. The maximum atomic E-state index is 12.1. The quantitative estimate of drug-likeness (QED) is 0.651. The van der Waals surface area contributed by atoms with Gasteiger partial charge in [-0.3, -0.25) is 4.79 Å². The molecule has 2 rings (SSSR count). The summed E-state index contributed by atoms with van der Waals surface area (Å²) in [6.07, 6.45) is 2.86. The minimum Gasteiger partial charge on any atom is -0.380 e. The monoisotopic (exact) mass is 327 g/mol. The van der Waals surface area contributed by atoms with E-state index >= 15 is 0 Å². The van der Waals surface area contributed by atoms with Gasteiger partial charge in [-0.15, -0.1) is 0 Å². The van der Waals surface area contributed by atoms with Gasteiger partial charge in [-0.25, -0.2) is 4.98 Å². The lowest BCUT2D eigenvalue weighted by atomic mass is 9.95. The van der Waals surface area contributed by atoms with E-state index in [1.54, 1.807) is 6.92 Å². The van der Waals surface area contributed by atoms with Crippen molar-refractivity contribution in [2.45, 2.75) is 32.3 Å². The summed E-state index contributed by atoms with van der Waals surface area (Å²) in [6.45, 7) is 4.75. The zero-order chi connectivity index (χ0) is 17.4. The molecule has 24 heavy (non-hydrogen) atoms. The van der Waals surface area contributed by atoms with E-state index in [-0.39, 0.29) is 5.91 Å². The maximum Gasteiger partial charge on any atom is 0.252 e. The second-order valence-electron chi connectivity index (χ2n) is 6.19. The van der Waals surface area contributed by atoms with Gasteiger partial charge in [-0.2, -0.15) is 0 Å². The maximum absolute atomic E-state index is 12.1. The molecule has 1 aromatic carbocycles. The fraction of sp³-hybridized carbons (Fsp3) is 0.368. The largest absolute Gasteiger partial charge is 0.380 e. The molecule has 0 aliphatic carbocycles. The number of aryl methyl sites for hydroxylation is 1. The lowest BCUT2D eigenvalue weighted by molar-refractivity contribution is -0.137. The van der Waals surface area contributed by atoms with E-state index in [9.17, 15) is 9.90 Å². The fourth-order valence-corrected chi connectivity index (χ4v) is 2.34. The van der Waals surface area contributed by atoms with Crippen LogP contribution in [0, 0.1) is 6.92 Å². The van der Waals surface area contributed by atoms with Gasteiger partial charge in [-0.1, -0.05) is 36.4 Å². The topological polar surface area (TPSA) is 74.2 Å². The van der Waals surface area contributed by atoms with Gasteiger partial charge < -0.3 is 15.7 Å². The second kappa shape index (κ2) is 8.45. The third-order valence-electron chi connectivity index (χ3n) is 3.74. The standard InChI is InChI=1S/C19H25N3O2/c1-15-9-10-17(22-14-15)20-11-6-12-21-18(23)19(2,24)13-16-7-4-3-5-8-16/h3-5,7-10,14,24H,6,11-13H2,1-2H3,(H,20,22)(H,21,23)/t19-/m1/s1. The molecular weight excluding hydrogens is 302 g/mol. The number of hydrogen-bond donors (Lipinski definition) is 3. The van der Waals surface area contributed by atoms with Crippen LogP contribution in [0.25, 0.3) is 0 Å². The smallest absolute Gasteiger partial charge is 0.252 e. The summed E-state index contributed by atoms with van der Waals surface area (Å²) in [4.78, 5) is 16.4. The Hall–Kier alpha value is -2.40. The van der Waals surface area contributed by atoms with Crippen LogP contribution in [0.2, 0.25) is 0 Å². The molecule has 5 nitrogen and oxygen atoms in total. The first-order valence-electron chi connectivity index (χ1n) is 8.18. The van der Waals surface area contributed by atoms with Gasteiger partial charge in [0.05, 0.1) is 0 Å². The number of carbonyl (C=O) groups excluding carboxylic acids is 1. The number of nitrogens with zero attached hydrogens (tertiary/aromatic N) is 1. The number of carbonyl (C=O) groups is 1.